The van der Waals surface area contributed by atoms with Crippen LogP contribution in [0.1, 0.15) is 12.8 Å². The number of likely N-dealkylation sites (tertiary alicyclic amines) is 1. The molecule has 0 radical (unpaired) electrons. The zero-order chi connectivity index (χ0) is 12.3. The molecule has 1 amide bonds. The van der Waals surface area contributed by atoms with E-state index >= 15 is 0 Å². The van der Waals surface area contributed by atoms with Gasteiger partial charge in [0.2, 0.25) is 5.91 Å². The van der Waals surface area contributed by atoms with Crippen molar-refractivity contribution in [2.45, 2.75) is 12.8 Å². The van der Waals surface area contributed by atoms with Crippen LogP contribution in [0.15, 0.2) is 12.3 Å². The number of anilines is 2. The topological polar surface area (TPSA) is 71.2 Å². The Bertz CT molecular complexity index is 418. The van der Waals surface area contributed by atoms with Crippen molar-refractivity contribution < 1.29 is 4.79 Å². The fourth-order valence-corrected chi connectivity index (χ4v) is 2.06. The summed E-state index contributed by atoms with van der Waals surface area (Å²) in [4.78, 5) is 17.6. The molecule has 17 heavy (non-hydrogen) atoms. The number of halogens is 1. The lowest BCUT2D eigenvalue weighted by atomic mass is 10.4. The fourth-order valence-electron chi connectivity index (χ4n) is 1.82. The lowest BCUT2D eigenvalue weighted by Gasteiger charge is -2.16. The van der Waals surface area contributed by atoms with E-state index in [2.05, 4.69) is 10.3 Å². The monoisotopic (exact) mass is 254 g/mol. The first-order chi connectivity index (χ1) is 8.16. The number of hydrogen-bond acceptors (Lipinski definition) is 4. The molecule has 1 saturated heterocycles. The van der Waals surface area contributed by atoms with E-state index in [9.17, 15) is 4.79 Å². The SMILES string of the molecule is Nc1cnc(NCC(=O)N2CCCC2)c(Cl)c1. The Labute approximate surface area is 105 Å². The maximum Gasteiger partial charge on any atom is 0.241 e. The molecule has 6 heteroatoms. The molecule has 1 aromatic heterocycles. The Morgan fingerprint density at radius 2 is 2.24 bits per heavy atom. The molecule has 1 aliphatic heterocycles. The lowest BCUT2D eigenvalue weighted by Crippen LogP contribution is -2.33. The minimum Gasteiger partial charge on any atom is -0.397 e. The van der Waals surface area contributed by atoms with Crippen molar-refractivity contribution in [1.82, 2.24) is 9.88 Å². The summed E-state index contributed by atoms with van der Waals surface area (Å²) in [6.45, 7) is 1.92. The van der Waals surface area contributed by atoms with E-state index in [0.29, 0.717) is 16.5 Å². The molecule has 0 spiro atoms. The van der Waals surface area contributed by atoms with E-state index in [1.807, 2.05) is 4.90 Å². The van der Waals surface area contributed by atoms with Gasteiger partial charge in [0.1, 0.15) is 5.82 Å². The van der Waals surface area contributed by atoms with Crippen LogP contribution in [0.2, 0.25) is 5.02 Å². The average Bonchev–Trinajstić information content (AvgIpc) is 2.81. The highest BCUT2D eigenvalue weighted by Gasteiger charge is 2.17. The molecular formula is C11H15ClN4O. The maximum atomic E-state index is 11.8. The molecular weight excluding hydrogens is 240 g/mol. The van der Waals surface area contributed by atoms with Crippen molar-refractivity contribution >= 4 is 29.0 Å². The fraction of sp³-hybridized carbons (Fsp3) is 0.455. The van der Waals surface area contributed by atoms with Crippen LogP contribution in [0.4, 0.5) is 11.5 Å². The second kappa shape index (κ2) is 5.23. The second-order valence-corrected chi connectivity index (χ2v) is 4.45. The van der Waals surface area contributed by atoms with Gasteiger partial charge in [-0.1, -0.05) is 11.6 Å². The Morgan fingerprint density at radius 1 is 1.53 bits per heavy atom. The molecule has 2 rings (SSSR count). The van der Waals surface area contributed by atoms with Gasteiger partial charge < -0.3 is 16.0 Å². The summed E-state index contributed by atoms with van der Waals surface area (Å²) in [5, 5.41) is 3.36. The Morgan fingerprint density at radius 3 is 2.88 bits per heavy atom. The predicted molar refractivity (Wildman–Crippen MR) is 68.0 cm³/mol. The third-order valence-corrected chi connectivity index (χ3v) is 3.02. The van der Waals surface area contributed by atoms with Crippen LogP contribution < -0.4 is 11.1 Å². The molecule has 1 fully saturated rings. The first-order valence-electron chi connectivity index (χ1n) is 5.59. The largest absolute Gasteiger partial charge is 0.397 e. The summed E-state index contributed by atoms with van der Waals surface area (Å²) in [6, 6.07) is 1.61. The van der Waals surface area contributed by atoms with Crippen LogP contribution in [0, 0.1) is 0 Å². The molecule has 0 bridgehead atoms. The van der Waals surface area contributed by atoms with Gasteiger partial charge in [-0.2, -0.15) is 0 Å². The van der Waals surface area contributed by atoms with Gasteiger partial charge >= 0.3 is 0 Å². The van der Waals surface area contributed by atoms with Crippen molar-refractivity contribution in [2.24, 2.45) is 0 Å². The smallest absolute Gasteiger partial charge is 0.241 e. The Balaban J connectivity index is 1.90. The van der Waals surface area contributed by atoms with E-state index in [4.69, 9.17) is 17.3 Å². The molecule has 1 aliphatic rings. The van der Waals surface area contributed by atoms with Gasteiger partial charge in [0, 0.05) is 13.1 Å². The normalized spacial score (nSPS) is 15.0. The first kappa shape index (κ1) is 12.0. The molecule has 0 aromatic carbocycles. The number of carbonyl (C=O) groups excluding carboxylic acids is 1. The molecule has 3 N–H and O–H groups in total. The number of rotatable bonds is 3. The number of nitrogen functional groups attached to an aromatic ring is 1. The number of carbonyl (C=O) groups is 1. The van der Waals surface area contributed by atoms with E-state index < -0.39 is 0 Å². The summed E-state index contributed by atoms with van der Waals surface area (Å²) < 4.78 is 0. The van der Waals surface area contributed by atoms with Gasteiger partial charge in [-0.3, -0.25) is 4.79 Å². The Hall–Kier alpha value is -1.49. The lowest BCUT2D eigenvalue weighted by molar-refractivity contribution is -0.128. The summed E-state index contributed by atoms with van der Waals surface area (Å²) >= 11 is 5.94. The molecule has 0 unspecified atom stereocenters. The van der Waals surface area contributed by atoms with E-state index in [0.717, 1.165) is 25.9 Å². The van der Waals surface area contributed by atoms with Crippen LogP contribution >= 0.6 is 11.6 Å². The minimum absolute atomic E-state index is 0.0807. The number of nitrogens with one attached hydrogen (secondary N) is 1. The van der Waals surface area contributed by atoms with Crippen molar-refractivity contribution in [3.63, 3.8) is 0 Å². The summed E-state index contributed by atoms with van der Waals surface area (Å²) in [5.74, 6) is 0.575. The van der Waals surface area contributed by atoms with Crippen molar-refractivity contribution in [1.29, 1.82) is 0 Å². The molecule has 92 valence electrons. The zero-order valence-electron chi connectivity index (χ0n) is 9.45. The molecule has 5 nitrogen and oxygen atoms in total. The van der Waals surface area contributed by atoms with Crippen LogP contribution in [-0.2, 0) is 4.79 Å². The number of aromatic nitrogens is 1. The minimum atomic E-state index is 0.0807. The van der Waals surface area contributed by atoms with E-state index in [1.165, 1.54) is 6.20 Å². The summed E-state index contributed by atoms with van der Waals surface area (Å²) in [7, 11) is 0. The van der Waals surface area contributed by atoms with Crippen molar-refractivity contribution in [3.8, 4) is 0 Å². The van der Waals surface area contributed by atoms with Gasteiger partial charge in [-0.05, 0) is 18.9 Å². The third-order valence-electron chi connectivity index (χ3n) is 2.73. The van der Waals surface area contributed by atoms with Gasteiger partial charge in [-0.15, -0.1) is 0 Å². The number of amides is 1. The van der Waals surface area contributed by atoms with Gasteiger partial charge in [0.15, 0.2) is 0 Å². The number of nitrogens with zero attached hydrogens (tertiary/aromatic N) is 2. The number of hydrogen-bond donors (Lipinski definition) is 2. The maximum absolute atomic E-state index is 11.8. The highest BCUT2D eigenvalue weighted by molar-refractivity contribution is 6.33. The van der Waals surface area contributed by atoms with E-state index in [-0.39, 0.29) is 12.5 Å². The highest BCUT2D eigenvalue weighted by atomic mass is 35.5. The van der Waals surface area contributed by atoms with E-state index in [1.54, 1.807) is 6.07 Å². The van der Waals surface area contributed by atoms with Crippen molar-refractivity contribution in [2.75, 3.05) is 30.7 Å². The molecule has 0 aliphatic carbocycles. The number of pyridine rings is 1. The molecule has 2 heterocycles. The quantitative estimate of drug-likeness (QED) is 0.854. The highest BCUT2D eigenvalue weighted by Crippen LogP contribution is 2.20. The summed E-state index contributed by atoms with van der Waals surface area (Å²) in [5.41, 5.74) is 6.04. The van der Waals surface area contributed by atoms with Crippen LogP contribution in [0.3, 0.4) is 0 Å². The van der Waals surface area contributed by atoms with Crippen LogP contribution in [0.5, 0.6) is 0 Å². The second-order valence-electron chi connectivity index (χ2n) is 4.04. The van der Waals surface area contributed by atoms with Crippen LogP contribution in [-0.4, -0.2) is 35.4 Å². The molecule has 0 saturated carbocycles. The van der Waals surface area contributed by atoms with Gasteiger partial charge in [-0.25, -0.2) is 4.98 Å². The van der Waals surface area contributed by atoms with Crippen molar-refractivity contribution in [3.05, 3.63) is 17.3 Å². The van der Waals surface area contributed by atoms with Crippen LogP contribution in [0.25, 0.3) is 0 Å². The summed E-state index contributed by atoms with van der Waals surface area (Å²) in [6.07, 6.45) is 3.69. The molecule has 1 aromatic rings. The Kier molecular flexibility index (Phi) is 3.68. The zero-order valence-corrected chi connectivity index (χ0v) is 10.2. The first-order valence-corrected chi connectivity index (χ1v) is 5.97. The third kappa shape index (κ3) is 3.00. The van der Waals surface area contributed by atoms with Gasteiger partial charge in [0.05, 0.1) is 23.5 Å². The predicted octanol–water partition coefficient (Wildman–Crippen LogP) is 1.35. The van der Waals surface area contributed by atoms with Gasteiger partial charge in [0.25, 0.3) is 0 Å². The molecule has 0 atom stereocenters. The standard InChI is InChI=1S/C11H15ClN4O/c12-9-5-8(13)6-14-11(9)15-7-10(17)16-3-1-2-4-16/h5-6H,1-4,7,13H2,(H,14,15). The number of nitrogens with two attached hydrogens (primary N) is 1. The average molecular weight is 255 g/mol.